The van der Waals surface area contributed by atoms with Gasteiger partial charge in [0.15, 0.2) is 12.2 Å². The fraction of sp³-hybridized carbons (Fsp3) is 0.940. The Balaban J connectivity index is 5.20. The maximum atomic E-state index is 13.0. The van der Waals surface area contributed by atoms with E-state index in [1.807, 2.05) is 0 Å². The van der Waals surface area contributed by atoms with Crippen molar-refractivity contribution in [3.8, 4) is 0 Å². The van der Waals surface area contributed by atoms with Crippen LogP contribution in [0, 0.1) is 5.92 Å². The number of unbranched alkanes of at least 4 members (excludes halogenated alkanes) is 39. The Kier molecular flexibility index (Phi) is 59.2. The zero-order valence-corrected chi connectivity index (χ0v) is 57.2. The minimum atomic E-state index is -4.95. The number of phosphoric ester groups is 2. The number of esters is 4. The molecule has 0 fully saturated rings. The van der Waals surface area contributed by atoms with Crippen molar-refractivity contribution in [3.63, 3.8) is 0 Å². The molecular formula is C67H130O17P2. The average molecular weight is 1270 g/mol. The highest BCUT2D eigenvalue weighted by molar-refractivity contribution is 7.47. The first kappa shape index (κ1) is 84.1. The monoisotopic (exact) mass is 1270 g/mol. The molecule has 0 spiro atoms. The number of rotatable bonds is 67. The summed E-state index contributed by atoms with van der Waals surface area (Å²) in [4.78, 5) is 72.3. The zero-order valence-electron chi connectivity index (χ0n) is 55.4. The molecule has 2 unspecified atom stereocenters. The minimum absolute atomic E-state index is 0.106. The number of hydrogen-bond acceptors (Lipinski definition) is 15. The second-order valence-corrected chi connectivity index (χ2v) is 27.6. The molecule has 0 bridgehead atoms. The van der Waals surface area contributed by atoms with Gasteiger partial charge in [0, 0.05) is 25.7 Å². The predicted octanol–water partition coefficient (Wildman–Crippen LogP) is 19.0. The fourth-order valence-corrected chi connectivity index (χ4v) is 11.7. The van der Waals surface area contributed by atoms with E-state index in [0.717, 1.165) is 102 Å². The normalized spacial score (nSPS) is 14.2. The number of carbonyl (C=O) groups excluding carboxylic acids is 4. The van der Waals surface area contributed by atoms with Crippen molar-refractivity contribution in [2.24, 2.45) is 5.92 Å². The highest BCUT2D eigenvalue weighted by Crippen LogP contribution is 2.45. The van der Waals surface area contributed by atoms with Gasteiger partial charge in [0.05, 0.1) is 26.4 Å². The molecule has 5 atom stereocenters. The van der Waals surface area contributed by atoms with Crippen molar-refractivity contribution >= 4 is 39.5 Å². The van der Waals surface area contributed by atoms with E-state index in [1.54, 1.807) is 0 Å². The molecule has 0 aliphatic rings. The molecule has 0 radical (unpaired) electrons. The molecule has 19 heteroatoms. The highest BCUT2D eigenvalue weighted by atomic mass is 31.2. The van der Waals surface area contributed by atoms with E-state index < -0.39 is 97.5 Å². The first-order valence-corrected chi connectivity index (χ1v) is 38.1. The summed E-state index contributed by atoms with van der Waals surface area (Å²) in [5, 5.41) is 10.5. The van der Waals surface area contributed by atoms with Crippen molar-refractivity contribution in [2.45, 2.75) is 361 Å². The summed E-state index contributed by atoms with van der Waals surface area (Å²) in [6.07, 6.45) is 45.8. The number of aliphatic hydroxyl groups is 1. The van der Waals surface area contributed by atoms with E-state index in [-0.39, 0.29) is 25.7 Å². The molecule has 510 valence electrons. The van der Waals surface area contributed by atoms with Gasteiger partial charge in [0.25, 0.3) is 0 Å². The third-order valence-corrected chi connectivity index (χ3v) is 17.4. The molecule has 0 saturated heterocycles. The van der Waals surface area contributed by atoms with Crippen molar-refractivity contribution in [2.75, 3.05) is 39.6 Å². The Labute approximate surface area is 524 Å². The molecule has 0 heterocycles. The second-order valence-electron chi connectivity index (χ2n) is 24.7. The third kappa shape index (κ3) is 60.9. The molecule has 3 N–H and O–H groups in total. The van der Waals surface area contributed by atoms with Gasteiger partial charge in [-0.15, -0.1) is 0 Å². The maximum Gasteiger partial charge on any atom is 0.472 e. The highest BCUT2D eigenvalue weighted by Gasteiger charge is 2.30. The lowest BCUT2D eigenvalue weighted by Gasteiger charge is -2.21. The SMILES string of the molecule is CCCCCCCCCCCCCC(=O)OC[C@H](COP(=O)(O)OC[C@@H](O)COP(=O)(O)OC[C@@H](COC(=O)CCCCCCCCCC)OC(=O)CCCCCCCCCCCC)OC(=O)CCCCCCCCCCCCCCCCC(C)C. The van der Waals surface area contributed by atoms with Gasteiger partial charge >= 0.3 is 39.5 Å². The Morgan fingerprint density at radius 3 is 0.791 bits per heavy atom. The smallest absolute Gasteiger partial charge is 0.462 e. The van der Waals surface area contributed by atoms with E-state index in [0.29, 0.717) is 25.7 Å². The molecule has 17 nitrogen and oxygen atoms in total. The van der Waals surface area contributed by atoms with E-state index in [4.69, 9.17) is 37.0 Å². The Hall–Kier alpha value is -1.94. The molecule has 0 amide bonds. The van der Waals surface area contributed by atoms with E-state index >= 15 is 0 Å². The van der Waals surface area contributed by atoms with Gasteiger partial charge in [0.2, 0.25) is 0 Å². The van der Waals surface area contributed by atoms with Crippen molar-refractivity contribution in [3.05, 3.63) is 0 Å². The first-order chi connectivity index (χ1) is 41.5. The van der Waals surface area contributed by atoms with Crippen LogP contribution in [0.3, 0.4) is 0 Å². The second kappa shape index (κ2) is 60.6. The van der Waals surface area contributed by atoms with Crippen LogP contribution in [0.15, 0.2) is 0 Å². The Bertz CT molecular complexity index is 1670. The lowest BCUT2D eigenvalue weighted by Crippen LogP contribution is -2.30. The van der Waals surface area contributed by atoms with Gasteiger partial charge < -0.3 is 33.8 Å². The van der Waals surface area contributed by atoms with Crippen LogP contribution in [0.25, 0.3) is 0 Å². The Morgan fingerprint density at radius 2 is 0.535 bits per heavy atom. The zero-order chi connectivity index (χ0) is 63.5. The number of aliphatic hydroxyl groups excluding tert-OH is 1. The number of ether oxygens (including phenoxy) is 4. The molecule has 0 aromatic carbocycles. The van der Waals surface area contributed by atoms with E-state index in [2.05, 4.69) is 34.6 Å². The lowest BCUT2D eigenvalue weighted by molar-refractivity contribution is -0.161. The standard InChI is InChI=1S/C67H130O17P2/c1-6-9-12-15-18-21-27-32-36-41-46-51-65(70)78-57-63(84-67(72)53-48-43-38-33-29-26-24-23-25-28-30-34-39-44-49-60(4)5)59-82-86(75,76)80-55-61(68)54-79-85(73,74)81-58-62(56-77-64(69)50-45-40-35-20-17-14-11-8-3)83-66(71)52-47-42-37-31-22-19-16-13-10-7-2/h60-63,68H,6-59H2,1-5H3,(H,73,74)(H,75,76)/t61-,62+,63+/m0/s1. The summed E-state index contributed by atoms with van der Waals surface area (Å²) in [6.45, 7) is 7.21. The van der Waals surface area contributed by atoms with Crippen LogP contribution in [0.4, 0.5) is 0 Å². The molecule has 0 aromatic heterocycles. The number of phosphoric acid groups is 2. The van der Waals surface area contributed by atoms with Crippen molar-refractivity contribution in [1.29, 1.82) is 0 Å². The van der Waals surface area contributed by atoms with Gasteiger partial charge in [-0.1, -0.05) is 291 Å². The third-order valence-electron chi connectivity index (χ3n) is 15.5. The molecule has 0 saturated carbocycles. The topological polar surface area (TPSA) is 237 Å². The minimum Gasteiger partial charge on any atom is -0.462 e. The van der Waals surface area contributed by atoms with Gasteiger partial charge in [0.1, 0.15) is 19.3 Å². The molecule has 0 rings (SSSR count). The van der Waals surface area contributed by atoms with Crippen LogP contribution >= 0.6 is 15.6 Å². The molecule has 0 aliphatic carbocycles. The van der Waals surface area contributed by atoms with Gasteiger partial charge in [-0.25, -0.2) is 9.13 Å². The van der Waals surface area contributed by atoms with E-state index in [9.17, 15) is 43.2 Å². The first-order valence-electron chi connectivity index (χ1n) is 35.1. The summed E-state index contributed by atoms with van der Waals surface area (Å²) < 4.78 is 68.1. The maximum absolute atomic E-state index is 13.0. The average Bonchev–Trinajstić information content (AvgIpc) is 3.70. The summed E-state index contributed by atoms with van der Waals surface area (Å²) in [5.41, 5.74) is 0. The van der Waals surface area contributed by atoms with Crippen LogP contribution < -0.4 is 0 Å². The predicted molar refractivity (Wildman–Crippen MR) is 345 cm³/mol. The molecule has 0 aliphatic heterocycles. The lowest BCUT2D eigenvalue weighted by atomic mass is 10.0. The summed E-state index contributed by atoms with van der Waals surface area (Å²) in [5.74, 6) is -1.33. The number of carbonyl (C=O) groups is 4. The van der Waals surface area contributed by atoms with Crippen LogP contribution in [-0.2, 0) is 65.4 Å². The Morgan fingerprint density at radius 1 is 0.314 bits per heavy atom. The fourth-order valence-electron chi connectivity index (χ4n) is 10.1. The molecule has 0 aromatic rings. The summed E-state index contributed by atoms with van der Waals surface area (Å²) in [6, 6.07) is 0. The van der Waals surface area contributed by atoms with Crippen LogP contribution in [0.5, 0.6) is 0 Å². The van der Waals surface area contributed by atoms with Gasteiger partial charge in [-0.2, -0.15) is 0 Å². The van der Waals surface area contributed by atoms with Gasteiger partial charge in [-0.3, -0.25) is 37.3 Å². The van der Waals surface area contributed by atoms with Crippen molar-refractivity contribution < 1.29 is 80.2 Å². The van der Waals surface area contributed by atoms with Crippen LogP contribution in [0.2, 0.25) is 0 Å². The summed E-state index contributed by atoms with van der Waals surface area (Å²) >= 11 is 0. The summed E-state index contributed by atoms with van der Waals surface area (Å²) in [7, 11) is -9.89. The van der Waals surface area contributed by atoms with Crippen molar-refractivity contribution in [1.82, 2.24) is 0 Å². The largest absolute Gasteiger partial charge is 0.472 e. The quantitative estimate of drug-likeness (QED) is 0.0222. The number of hydrogen-bond donors (Lipinski definition) is 3. The molecule has 86 heavy (non-hydrogen) atoms. The molecular weight excluding hydrogens is 1140 g/mol. The van der Waals surface area contributed by atoms with Crippen LogP contribution in [-0.4, -0.2) is 96.7 Å². The van der Waals surface area contributed by atoms with Gasteiger partial charge in [-0.05, 0) is 31.6 Å². The van der Waals surface area contributed by atoms with E-state index in [1.165, 1.54) is 161 Å². The van der Waals surface area contributed by atoms with Crippen LogP contribution in [0.1, 0.15) is 343 Å².